The van der Waals surface area contributed by atoms with Gasteiger partial charge < -0.3 is 5.73 Å². The van der Waals surface area contributed by atoms with Crippen molar-refractivity contribution in [1.29, 1.82) is 5.41 Å². The van der Waals surface area contributed by atoms with Crippen molar-refractivity contribution in [3.8, 4) is 0 Å². The van der Waals surface area contributed by atoms with Crippen molar-refractivity contribution in [3.63, 3.8) is 0 Å². The lowest BCUT2D eigenvalue weighted by Gasteiger charge is -2.08. The topological polar surface area (TPSA) is 49.9 Å². The van der Waals surface area contributed by atoms with Crippen LogP contribution < -0.4 is 5.73 Å². The van der Waals surface area contributed by atoms with Crippen LogP contribution in [0.1, 0.15) is 5.56 Å². The van der Waals surface area contributed by atoms with Gasteiger partial charge in [-0.15, -0.1) is 11.8 Å². The molecule has 1 aromatic carbocycles. The fraction of sp³-hybridized carbons (Fsp3) is 0.300. The molecule has 0 aromatic heterocycles. The monoisotopic (exact) mass is 280 g/mol. The van der Waals surface area contributed by atoms with Crippen LogP contribution in [0.25, 0.3) is 0 Å². The predicted molar refractivity (Wildman–Crippen MR) is 66.5 cm³/mol. The zero-order chi connectivity index (χ0) is 12.9. The summed E-state index contributed by atoms with van der Waals surface area (Å²) in [4.78, 5) is 0.573. The second-order valence-electron chi connectivity index (χ2n) is 3.09. The third kappa shape index (κ3) is 5.36. The molecule has 0 saturated carbocycles. The van der Waals surface area contributed by atoms with E-state index in [9.17, 15) is 13.2 Å². The number of alkyl halides is 3. The molecule has 0 radical (unpaired) electrons. The van der Waals surface area contributed by atoms with Gasteiger partial charge in [0.2, 0.25) is 0 Å². The Morgan fingerprint density at radius 3 is 2.59 bits per heavy atom. The minimum absolute atomic E-state index is 0.0228. The molecule has 0 bridgehead atoms. The first-order valence-corrected chi connectivity index (χ1v) is 6.63. The van der Waals surface area contributed by atoms with Crippen molar-refractivity contribution in [2.24, 2.45) is 5.73 Å². The zero-order valence-electron chi connectivity index (χ0n) is 8.75. The number of nitrogens with two attached hydrogens (primary N) is 1. The summed E-state index contributed by atoms with van der Waals surface area (Å²) in [6.45, 7) is 0. The first-order valence-electron chi connectivity index (χ1n) is 4.66. The number of rotatable bonds is 4. The van der Waals surface area contributed by atoms with E-state index < -0.39 is 11.7 Å². The number of thioether (sulfide) groups is 2. The second kappa shape index (κ2) is 6.20. The van der Waals surface area contributed by atoms with Crippen LogP contribution in [0.3, 0.4) is 0 Å². The Hall–Kier alpha value is -0.820. The molecule has 0 atom stereocenters. The van der Waals surface area contributed by atoms with E-state index in [4.69, 9.17) is 11.1 Å². The van der Waals surface area contributed by atoms with E-state index in [1.165, 1.54) is 29.6 Å². The molecule has 1 rings (SSSR count). The summed E-state index contributed by atoms with van der Waals surface area (Å²) >= 11 is 2.50. The Bertz CT molecular complexity index is 393. The first-order chi connectivity index (χ1) is 7.89. The van der Waals surface area contributed by atoms with Gasteiger partial charge in [0.25, 0.3) is 0 Å². The highest BCUT2D eigenvalue weighted by Crippen LogP contribution is 2.31. The summed E-state index contributed by atoms with van der Waals surface area (Å²) in [7, 11) is 0. The lowest BCUT2D eigenvalue weighted by Crippen LogP contribution is -2.05. The normalized spacial score (nSPS) is 11.5. The van der Waals surface area contributed by atoms with Crippen LogP contribution in [0.5, 0.6) is 0 Å². The molecule has 0 aliphatic heterocycles. The molecular weight excluding hydrogens is 269 g/mol. The molecule has 0 fully saturated rings. The summed E-state index contributed by atoms with van der Waals surface area (Å²) in [6.07, 6.45) is -4.30. The maximum Gasteiger partial charge on any atom is 0.416 e. The summed E-state index contributed by atoms with van der Waals surface area (Å²) in [5.41, 5.74) is 4.50. The van der Waals surface area contributed by atoms with E-state index >= 15 is 0 Å². The number of hydrogen-bond donors (Lipinski definition) is 2. The van der Waals surface area contributed by atoms with Crippen LogP contribution in [0.15, 0.2) is 29.2 Å². The lowest BCUT2D eigenvalue weighted by molar-refractivity contribution is -0.137. The highest BCUT2D eigenvalue weighted by atomic mass is 32.2. The van der Waals surface area contributed by atoms with Crippen LogP contribution in [-0.4, -0.2) is 16.7 Å². The lowest BCUT2D eigenvalue weighted by atomic mass is 10.2. The highest BCUT2D eigenvalue weighted by Gasteiger charge is 2.30. The van der Waals surface area contributed by atoms with Crippen molar-refractivity contribution < 1.29 is 13.2 Å². The SMILES string of the molecule is N=C(N)SCCSc1cccc(C(F)(F)F)c1. The standard InChI is InChI=1S/C10H11F3N2S2/c11-10(12,13)7-2-1-3-8(6-7)16-4-5-17-9(14)15/h1-3,6H,4-5H2,(H3,14,15). The first kappa shape index (κ1) is 14.2. The number of nitrogens with one attached hydrogen (secondary N) is 1. The number of benzene rings is 1. The van der Waals surface area contributed by atoms with Gasteiger partial charge in [-0.1, -0.05) is 17.8 Å². The van der Waals surface area contributed by atoms with Crippen molar-refractivity contribution in [2.45, 2.75) is 11.1 Å². The molecule has 94 valence electrons. The molecule has 7 heteroatoms. The van der Waals surface area contributed by atoms with E-state index in [-0.39, 0.29) is 5.17 Å². The molecule has 0 spiro atoms. The molecule has 2 nitrogen and oxygen atoms in total. The van der Waals surface area contributed by atoms with Crippen molar-refractivity contribution >= 4 is 28.7 Å². The van der Waals surface area contributed by atoms with Gasteiger partial charge >= 0.3 is 6.18 Å². The molecule has 0 heterocycles. The zero-order valence-corrected chi connectivity index (χ0v) is 10.4. The molecule has 1 aromatic rings. The number of amidine groups is 1. The minimum Gasteiger partial charge on any atom is -0.379 e. The molecule has 0 amide bonds. The van der Waals surface area contributed by atoms with Gasteiger partial charge in [-0.25, -0.2) is 0 Å². The number of halogens is 3. The molecule has 0 aliphatic rings. The number of hydrogen-bond acceptors (Lipinski definition) is 3. The summed E-state index contributed by atoms with van der Waals surface area (Å²) in [5.74, 6) is 1.22. The van der Waals surface area contributed by atoms with Crippen molar-refractivity contribution in [3.05, 3.63) is 29.8 Å². The van der Waals surface area contributed by atoms with Crippen molar-refractivity contribution in [1.82, 2.24) is 0 Å². The molecule has 3 N–H and O–H groups in total. The fourth-order valence-corrected chi connectivity index (χ4v) is 2.58. The van der Waals surface area contributed by atoms with Crippen LogP contribution in [-0.2, 0) is 6.18 Å². The summed E-state index contributed by atoms with van der Waals surface area (Å²) in [6, 6.07) is 5.21. The van der Waals surface area contributed by atoms with E-state index in [0.717, 1.165) is 12.1 Å². The Morgan fingerprint density at radius 1 is 1.29 bits per heavy atom. The predicted octanol–water partition coefficient (Wildman–Crippen LogP) is 3.42. The quantitative estimate of drug-likeness (QED) is 0.384. The summed E-state index contributed by atoms with van der Waals surface area (Å²) < 4.78 is 37.2. The van der Waals surface area contributed by atoms with E-state index in [1.807, 2.05) is 0 Å². The second-order valence-corrected chi connectivity index (χ2v) is 5.39. The third-order valence-electron chi connectivity index (χ3n) is 1.77. The molecular formula is C10H11F3N2S2. The smallest absolute Gasteiger partial charge is 0.379 e. The highest BCUT2D eigenvalue weighted by molar-refractivity contribution is 8.14. The maximum absolute atomic E-state index is 12.4. The largest absolute Gasteiger partial charge is 0.416 e. The third-order valence-corrected chi connectivity index (χ3v) is 3.74. The van der Waals surface area contributed by atoms with Gasteiger partial charge in [0.15, 0.2) is 5.17 Å². The summed E-state index contributed by atoms with van der Waals surface area (Å²) in [5, 5.41) is 7.00. The Morgan fingerprint density at radius 2 is 2.00 bits per heavy atom. The van der Waals surface area contributed by atoms with Gasteiger partial charge in [0, 0.05) is 16.4 Å². The van der Waals surface area contributed by atoms with E-state index in [2.05, 4.69) is 0 Å². The molecule has 17 heavy (non-hydrogen) atoms. The van der Waals surface area contributed by atoms with Gasteiger partial charge in [-0.05, 0) is 18.2 Å². The van der Waals surface area contributed by atoms with Gasteiger partial charge in [0.05, 0.1) is 5.56 Å². The Labute approximate surface area is 106 Å². The van der Waals surface area contributed by atoms with Gasteiger partial charge in [0.1, 0.15) is 0 Å². The minimum atomic E-state index is -4.30. The van der Waals surface area contributed by atoms with E-state index in [0.29, 0.717) is 16.4 Å². The van der Waals surface area contributed by atoms with Crippen molar-refractivity contribution in [2.75, 3.05) is 11.5 Å². The van der Waals surface area contributed by atoms with E-state index in [1.54, 1.807) is 6.07 Å². The van der Waals surface area contributed by atoms with Gasteiger partial charge in [-0.3, -0.25) is 5.41 Å². The average Bonchev–Trinajstić information content (AvgIpc) is 2.23. The Balaban J connectivity index is 2.52. The van der Waals surface area contributed by atoms with Crippen LogP contribution >= 0.6 is 23.5 Å². The van der Waals surface area contributed by atoms with Crippen LogP contribution in [0.4, 0.5) is 13.2 Å². The molecule has 0 aliphatic carbocycles. The van der Waals surface area contributed by atoms with Crippen LogP contribution in [0, 0.1) is 5.41 Å². The average molecular weight is 280 g/mol. The molecule has 0 saturated heterocycles. The maximum atomic E-state index is 12.4. The van der Waals surface area contributed by atoms with Gasteiger partial charge in [-0.2, -0.15) is 13.2 Å². The fourth-order valence-electron chi connectivity index (χ4n) is 1.07. The Kier molecular flexibility index (Phi) is 5.20. The van der Waals surface area contributed by atoms with Crippen LogP contribution in [0.2, 0.25) is 0 Å². The molecule has 0 unspecified atom stereocenters.